The Morgan fingerprint density at radius 3 is 2.68 bits per heavy atom. The fraction of sp³-hybridized carbons (Fsp3) is 0.500. The molecule has 1 fully saturated rings. The number of carbonyl (C=O) groups excluding carboxylic acids is 1. The first-order valence-electron chi connectivity index (χ1n) is 8.73. The molecule has 6 nitrogen and oxygen atoms in total. The van der Waals surface area contributed by atoms with E-state index in [4.69, 9.17) is 9.82 Å². The van der Waals surface area contributed by atoms with E-state index in [9.17, 15) is 4.79 Å². The molecule has 0 spiro atoms. The maximum absolute atomic E-state index is 12.6. The number of fused-ring (bicyclic) bond motifs is 1. The molecule has 0 bridgehead atoms. The van der Waals surface area contributed by atoms with Crippen LogP contribution in [0.3, 0.4) is 0 Å². The Balaban J connectivity index is 1.36. The third kappa shape index (κ3) is 3.20. The molecule has 1 atom stereocenters. The normalized spacial score (nSPS) is 20.9. The molecular formula is C18H22N4O2S. The number of aromatic nitrogens is 1. The summed E-state index contributed by atoms with van der Waals surface area (Å²) in [6.45, 7) is 7.15. The van der Waals surface area contributed by atoms with Crippen molar-refractivity contribution in [3.63, 3.8) is 0 Å². The molecule has 1 unspecified atom stereocenters. The number of para-hydroxylation sites is 1. The van der Waals surface area contributed by atoms with Gasteiger partial charge in [0.15, 0.2) is 5.13 Å². The molecule has 2 aliphatic heterocycles. The lowest BCUT2D eigenvalue weighted by atomic mass is 10.0. The van der Waals surface area contributed by atoms with Crippen LogP contribution >= 0.6 is 11.3 Å². The second-order valence-corrected chi connectivity index (χ2v) is 7.82. The van der Waals surface area contributed by atoms with Gasteiger partial charge in [0, 0.05) is 32.6 Å². The SMILES string of the molecule is CC(C)C1=NOC(C(=O)N2CCN(c3nc4ccccc4s3)CC2)C1. The second-order valence-electron chi connectivity index (χ2n) is 6.81. The van der Waals surface area contributed by atoms with Gasteiger partial charge in [0.05, 0.1) is 15.9 Å². The highest BCUT2D eigenvalue weighted by Gasteiger charge is 2.34. The number of rotatable bonds is 3. The first-order chi connectivity index (χ1) is 12.1. The van der Waals surface area contributed by atoms with Crippen LogP contribution in [0, 0.1) is 5.92 Å². The van der Waals surface area contributed by atoms with Gasteiger partial charge in [-0.3, -0.25) is 4.79 Å². The summed E-state index contributed by atoms with van der Waals surface area (Å²) < 4.78 is 1.20. The number of carbonyl (C=O) groups is 1. The average Bonchev–Trinajstić information content (AvgIpc) is 3.28. The highest BCUT2D eigenvalue weighted by atomic mass is 32.1. The zero-order valence-electron chi connectivity index (χ0n) is 14.5. The molecule has 25 heavy (non-hydrogen) atoms. The summed E-state index contributed by atoms with van der Waals surface area (Å²) in [6, 6.07) is 8.19. The van der Waals surface area contributed by atoms with Crippen molar-refractivity contribution in [3.05, 3.63) is 24.3 Å². The third-order valence-corrected chi connectivity index (χ3v) is 5.88. The zero-order valence-corrected chi connectivity index (χ0v) is 15.3. The largest absolute Gasteiger partial charge is 0.382 e. The number of hydrogen-bond acceptors (Lipinski definition) is 6. The van der Waals surface area contributed by atoms with Gasteiger partial charge in [-0.1, -0.05) is 42.5 Å². The summed E-state index contributed by atoms with van der Waals surface area (Å²) in [6.07, 6.45) is 0.181. The number of benzene rings is 1. The highest BCUT2D eigenvalue weighted by molar-refractivity contribution is 7.22. The van der Waals surface area contributed by atoms with Crippen LogP contribution in [0.4, 0.5) is 5.13 Å². The molecule has 4 rings (SSSR count). The van der Waals surface area contributed by atoms with E-state index in [0.29, 0.717) is 25.4 Å². The van der Waals surface area contributed by atoms with Gasteiger partial charge in [0.25, 0.3) is 5.91 Å². The number of piperazine rings is 1. The number of anilines is 1. The first kappa shape index (κ1) is 16.3. The van der Waals surface area contributed by atoms with Gasteiger partial charge in [-0.2, -0.15) is 0 Å². The van der Waals surface area contributed by atoms with Crippen molar-refractivity contribution in [3.8, 4) is 0 Å². The molecular weight excluding hydrogens is 336 g/mol. The van der Waals surface area contributed by atoms with Crippen molar-refractivity contribution in [1.29, 1.82) is 0 Å². The van der Waals surface area contributed by atoms with E-state index >= 15 is 0 Å². The van der Waals surface area contributed by atoms with E-state index in [1.165, 1.54) is 4.70 Å². The fourth-order valence-corrected chi connectivity index (χ4v) is 4.20. The number of oxime groups is 1. The molecule has 0 aliphatic carbocycles. The smallest absolute Gasteiger partial charge is 0.267 e. The quantitative estimate of drug-likeness (QED) is 0.847. The summed E-state index contributed by atoms with van der Waals surface area (Å²) in [4.78, 5) is 26.9. The van der Waals surface area contributed by atoms with Crippen LogP contribution in [-0.4, -0.2) is 53.8 Å². The summed E-state index contributed by atoms with van der Waals surface area (Å²) in [5, 5.41) is 5.11. The van der Waals surface area contributed by atoms with Crippen LogP contribution in [-0.2, 0) is 9.63 Å². The molecule has 1 aromatic heterocycles. The van der Waals surface area contributed by atoms with Crippen LogP contribution in [0.25, 0.3) is 10.2 Å². The van der Waals surface area contributed by atoms with Crippen molar-refractivity contribution in [2.24, 2.45) is 11.1 Å². The molecule has 0 N–H and O–H groups in total. The Hall–Kier alpha value is -2.15. The van der Waals surface area contributed by atoms with Crippen LogP contribution < -0.4 is 4.90 Å². The van der Waals surface area contributed by atoms with Crippen molar-refractivity contribution >= 4 is 38.3 Å². The van der Waals surface area contributed by atoms with Crippen molar-refractivity contribution < 1.29 is 9.63 Å². The molecule has 1 aromatic carbocycles. The molecule has 0 saturated carbocycles. The minimum atomic E-state index is -0.439. The van der Waals surface area contributed by atoms with E-state index in [-0.39, 0.29) is 5.91 Å². The van der Waals surface area contributed by atoms with Gasteiger partial charge in [-0.15, -0.1) is 0 Å². The van der Waals surface area contributed by atoms with Crippen molar-refractivity contribution in [2.45, 2.75) is 26.4 Å². The topological polar surface area (TPSA) is 58.0 Å². The average molecular weight is 358 g/mol. The molecule has 1 amide bonds. The fourth-order valence-electron chi connectivity index (χ4n) is 3.19. The van der Waals surface area contributed by atoms with Crippen molar-refractivity contribution in [2.75, 3.05) is 31.1 Å². The molecule has 2 aliphatic rings. The highest BCUT2D eigenvalue weighted by Crippen LogP contribution is 2.29. The number of hydrogen-bond donors (Lipinski definition) is 0. The number of nitrogens with zero attached hydrogens (tertiary/aromatic N) is 4. The Labute approximate surface area is 151 Å². The molecule has 1 saturated heterocycles. The monoisotopic (exact) mass is 358 g/mol. The van der Waals surface area contributed by atoms with E-state index in [0.717, 1.165) is 29.4 Å². The molecule has 7 heteroatoms. The maximum Gasteiger partial charge on any atom is 0.267 e. The second kappa shape index (κ2) is 6.63. The molecule has 132 valence electrons. The van der Waals surface area contributed by atoms with Gasteiger partial charge in [-0.05, 0) is 18.1 Å². The standard InChI is InChI=1S/C18H22N4O2S/c1-12(2)14-11-15(24-20-14)17(23)21-7-9-22(10-8-21)18-19-13-5-3-4-6-16(13)25-18/h3-6,12,15H,7-11H2,1-2H3. The first-order valence-corrected chi connectivity index (χ1v) is 9.55. The van der Waals surface area contributed by atoms with E-state index in [1.807, 2.05) is 23.1 Å². The summed E-state index contributed by atoms with van der Waals surface area (Å²) in [5.41, 5.74) is 2.02. The Morgan fingerprint density at radius 1 is 1.24 bits per heavy atom. The van der Waals surface area contributed by atoms with E-state index in [2.05, 4.69) is 30.0 Å². The molecule has 2 aromatic rings. The Morgan fingerprint density at radius 2 is 2.00 bits per heavy atom. The summed E-state index contributed by atoms with van der Waals surface area (Å²) in [7, 11) is 0. The minimum Gasteiger partial charge on any atom is -0.382 e. The predicted molar refractivity (Wildman–Crippen MR) is 100 cm³/mol. The molecule has 0 radical (unpaired) electrons. The third-order valence-electron chi connectivity index (χ3n) is 4.78. The zero-order chi connectivity index (χ0) is 17.4. The lowest BCUT2D eigenvalue weighted by molar-refractivity contribution is -0.142. The van der Waals surface area contributed by atoms with Gasteiger partial charge in [0.1, 0.15) is 0 Å². The summed E-state index contributed by atoms with van der Waals surface area (Å²) >= 11 is 1.71. The minimum absolute atomic E-state index is 0.0587. The lowest BCUT2D eigenvalue weighted by Crippen LogP contribution is -2.51. The van der Waals surface area contributed by atoms with Crippen LogP contribution in [0.15, 0.2) is 29.4 Å². The van der Waals surface area contributed by atoms with E-state index in [1.54, 1.807) is 11.3 Å². The van der Waals surface area contributed by atoms with Gasteiger partial charge >= 0.3 is 0 Å². The van der Waals surface area contributed by atoms with Gasteiger partial charge in [-0.25, -0.2) is 4.98 Å². The lowest BCUT2D eigenvalue weighted by Gasteiger charge is -2.35. The van der Waals surface area contributed by atoms with Gasteiger partial charge < -0.3 is 14.6 Å². The number of amides is 1. The Bertz CT molecular complexity index is 775. The van der Waals surface area contributed by atoms with Crippen LogP contribution in [0.1, 0.15) is 20.3 Å². The Kier molecular flexibility index (Phi) is 4.33. The van der Waals surface area contributed by atoms with Crippen molar-refractivity contribution in [1.82, 2.24) is 9.88 Å². The van der Waals surface area contributed by atoms with E-state index < -0.39 is 6.10 Å². The van der Waals surface area contributed by atoms with Gasteiger partial charge in [0.2, 0.25) is 6.10 Å². The number of thiazole rings is 1. The molecule has 3 heterocycles. The summed E-state index contributed by atoms with van der Waals surface area (Å²) in [5.74, 6) is 0.386. The van der Waals surface area contributed by atoms with Crippen LogP contribution in [0.5, 0.6) is 0 Å². The van der Waals surface area contributed by atoms with Crippen LogP contribution in [0.2, 0.25) is 0 Å². The maximum atomic E-state index is 12.6. The predicted octanol–water partition coefficient (Wildman–Crippen LogP) is 2.75.